The fraction of sp³-hybridized carbons (Fsp3) is 0.286. The summed E-state index contributed by atoms with van der Waals surface area (Å²) in [6, 6.07) is 6.50. The van der Waals surface area contributed by atoms with E-state index in [0.717, 1.165) is 0 Å². The number of rotatable bonds is 0. The fourth-order valence-electron chi connectivity index (χ4n) is 2.21. The third kappa shape index (κ3) is 1.73. The molecule has 88 valence electrons. The van der Waals surface area contributed by atoms with Gasteiger partial charge in [-0.3, -0.25) is 0 Å². The van der Waals surface area contributed by atoms with Crippen LogP contribution in [0.15, 0.2) is 40.0 Å². The minimum atomic E-state index is -0.762. The van der Waals surface area contributed by atoms with Crippen molar-refractivity contribution < 1.29 is 5.11 Å². The van der Waals surface area contributed by atoms with Gasteiger partial charge in [0.05, 0.1) is 5.60 Å². The van der Waals surface area contributed by atoms with Gasteiger partial charge < -0.3 is 5.11 Å². The first-order valence-electron chi connectivity index (χ1n) is 5.66. The molecule has 0 saturated carbocycles. The van der Waals surface area contributed by atoms with Crippen LogP contribution in [0.3, 0.4) is 0 Å². The molecule has 0 fully saturated rings. The van der Waals surface area contributed by atoms with Gasteiger partial charge in [-0.25, -0.2) is 0 Å². The lowest BCUT2D eigenvalue weighted by Crippen LogP contribution is -2.28. The third-order valence-corrected chi connectivity index (χ3v) is 5.40. The molecule has 3 heteroatoms. The van der Waals surface area contributed by atoms with E-state index in [0.29, 0.717) is 0 Å². The molecule has 0 saturated heterocycles. The molecule has 1 aliphatic heterocycles. The Morgan fingerprint density at radius 2 is 2.12 bits per heavy atom. The second kappa shape index (κ2) is 3.87. The van der Waals surface area contributed by atoms with Crippen molar-refractivity contribution in [2.24, 2.45) is 0 Å². The number of benzene rings is 1. The van der Waals surface area contributed by atoms with Gasteiger partial charge in [-0.1, -0.05) is 24.8 Å². The van der Waals surface area contributed by atoms with Crippen LogP contribution in [-0.2, 0) is 0 Å². The molecule has 0 aliphatic carbocycles. The lowest BCUT2D eigenvalue weighted by molar-refractivity contribution is 0.0861. The first-order valence-corrected chi connectivity index (χ1v) is 7.42. The number of thiophene rings is 1. The van der Waals surface area contributed by atoms with Gasteiger partial charge in [0.2, 0.25) is 0 Å². The quantitative estimate of drug-likeness (QED) is 0.760. The van der Waals surface area contributed by atoms with Crippen LogP contribution in [-0.4, -0.2) is 10.7 Å². The zero-order valence-corrected chi connectivity index (χ0v) is 11.4. The van der Waals surface area contributed by atoms with E-state index in [9.17, 15) is 5.11 Å². The summed E-state index contributed by atoms with van der Waals surface area (Å²) in [5, 5.41) is 15.8. The van der Waals surface area contributed by atoms with Gasteiger partial charge in [0.15, 0.2) is 0 Å². The smallest absolute Gasteiger partial charge is 0.0873 e. The van der Waals surface area contributed by atoms with Gasteiger partial charge in [-0.15, -0.1) is 11.3 Å². The molecule has 1 nitrogen and oxygen atoms in total. The predicted molar refractivity (Wildman–Crippen MR) is 75.9 cm³/mol. The first kappa shape index (κ1) is 11.3. The van der Waals surface area contributed by atoms with Crippen LogP contribution in [0.2, 0.25) is 0 Å². The molecule has 0 radical (unpaired) electrons. The predicted octanol–water partition coefficient (Wildman–Crippen LogP) is 4.38. The van der Waals surface area contributed by atoms with Crippen molar-refractivity contribution in [2.75, 3.05) is 0 Å². The molecule has 2 heterocycles. The Balaban J connectivity index is 2.28. The van der Waals surface area contributed by atoms with Gasteiger partial charge >= 0.3 is 0 Å². The molecule has 17 heavy (non-hydrogen) atoms. The lowest BCUT2D eigenvalue weighted by Gasteiger charge is -2.27. The summed E-state index contributed by atoms with van der Waals surface area (Å²) in [5.74, 6) is 0.119. The summed E-state index contributed by atoms with van der Waals surface area (Å²) in [6.45, 7) is 3.97. The highest BCUT2D eigenvalue weighted by Crippen LogP contribution is 2.44. The van der Waals surface area contributed by atoms with E-state index in [1.165, 1.54) is 20.5 Å². The SMILES string of the molecule is CC1c2ccc3sccc3c2SC=CC1(C)O. The van der Waals surface area contributed by atoms with Crippen molar-refractivity contribution in [2.45, 2.75) is 30.3 Å². The van der Waals surface area contributed by atoms with Gasteiger partial charge in [0, 0.05) is 20.9 Å². The number of aliphatic hydroxyl groups is 1. The molecule has 2 atom stereocenters. The van der Waals surface area contributed by atoms with Crippen LogP contribution in [0.1, 0.15) is 25.3 Å². The standard InChI is InChI=1S/C14H14OS2/c1-9-10-3-4-12-11(5-7-16-12)13(10)17-8-6-14(9,2)15/h3-9,15H,1-2H3. The van der Waals surface area contributed by atoms with Crippen molar-refractivity contribution in [3.8, 4) is 0 Å². The van der Waals surface area contributed by atoms with Crippen molar-refractivity contribution in [3.05, 3.63) is 40.6 Å². The van der Waals surface area contributed by atoms with E-state index in [1.54, 1.807) is 23.1 Å². The van der Waals surface area contributed by atoms with E-state index in [2.05, 4.69) is 30.5 Å². The van der Waals surface area contributed by atoms with E-state index < -0.39 is 5.60 Å². The Hall–Kier alpha value is -0.770. The van der Waals surface area contributed by atoms with Crippen molar-refractivity contribution in [3.63, 3.8) is 0 Å². The molecule has 2 unspecified atom stereocenters. The number of hydrogen-bond donors (Lipinski definition) is 1. The topological polar surface area (TPSA) is 20.2 Å². The van der Waals surface area contributed by atoms with Crippen LogP contribution in [0.4, 0.5) is 0 Å². The summed E-state index contributed by atoms with van der Waals surface area (Å²) in [7, 11) is 0. The van der Waals surface area contributed by atoms with Crippen LogP contribution in [0, 0.1) is 0 Å². The maximum Gasteiger partial charge on any atom is 0.0873 e. The van der Waals surface area contributed by atoms with E-state index in [1.807, 2.05) is 18.4 Å². The monoisotopic (exact) mass is 262 g/mol. The average molecular weight is 262 g/mol. The summed E-state index contributed by atoms with van der Waals surface area (Å²) in [4.78, 5) is 1.30. The Bertz CT molecular complexity index is 595. The van der Waals surface area contributed by atoms with Crippen molar-refractivity contribution >= 4 is 33.2 Å². The molecule has 3 rings (SSSR count). The van der Waals surface area contributed by atoms with E-state index in [4.69, 9.17) is 0 Å². The molecular weight excluding hydrogens is 248 g/mol. The number of fused-ring (bicyclic) bond motifs is 3. The molecule has 1 aromatic carbocycles. The lowest BCUT2D eigenvalue weighted by atomic mass is 9.85. The Morgan fingerprint density at radius 1 is 1.29 bits per heavy atom. The molecular formula is C14H14OS2. The summed E-state index contributed by atoms with van der Waals surface area (Å²) < 4.78 is 1.32. The minimum absolute atomic E-state index is 0.119. The highest BCUT2D eigenvalue weighted by Gasteiger charge is 2.30. The zero-order valence-electron chi connectivity index (χ0n) is 9.81. The summed E-state index contributed by atoms with van der Waals surface area (Å²) in [5.41, 5.74) is 0.484. The number of hydrogen-bond acceptors (Lipinski definition) is 3. The molecule has 0 amide bonds. The first-order chi connectivity index (χ1) is 8.09. The average Bonchev–Trinajstić information content (AvgIpc) is 2.72. The Labute approximate surface area is 109 Å². The van der Waals surface area contributed by atoms with Crippen LogP contribution in [0.5, 0.6) is 0 Å². The number of thioether (sulfide) groups is 1. The second-order valence-electron chi connectivity index (χ2n) is 4.68. The van der Waals surface area contributed by atoms with Crippen LogP contribution in [0.25, 0.3) is 10.1 Å². The molecule has 2 aromatic rings. The van der Waals surface area contributed by atoms with E-state index >= 15 is 0 Å². The van der Waals surface area contributed by atoms with Crippen LogP contribution < -0.4 is 0 Å². The maximum absolute atomic E-state index is 10.4. The summed E-state index contributed by atoms with van der Waals surface area (Å²) in [6.07, 6.45) is 1.90. The highest BCUT2D eigenvalue weighted by molar-refractivity contribution is 8.02. The largest absolute Gasteiger partial charge is 0.385 e. The van der Waals surface area contributed by atoms with Gasteiger partial charge in [-0.05, 0) is 41.5 Å². The van der Waals surface area contributed by atoms with E-state index in [-0.39, 0.29) is 5.92 Å². The van der Waals surface area contributed by atoms with Crippen molar-refractivity contribution in [1.82, 2.24) is 0 Å². The van der Waals surface area contributed by atoms with Gasteiger partial charge in [0.25, 0.3) is 0 Å². The Kier molecular flexibility index (Phi) is 2.58. The molecule has 1 aliphatic rings. The maximum atomic E-state index is 10.4. The molecule has 1 N–H and O–H groups in total. The highest BCUT2D eigenvalue weighted by atomic mass is 32.2. The second-order valence-corrected chi connectivity index (χ2v) is 6.55. The zero-order chi connectivity index (χ0) is 12.0. The van der Waals surface area contributed by atoms with Crippen LogP contribution >= 0.6 is 23.1 Å². The molecule has 0 spiro atoms. The normalized spacial score (nSPS) is 28.1. The molecule has 0 bridgehead atoms. The third-order valence-electron chi connectivity index (χ3n) is 3.55. The Morgan fingerprint density at radius 3 is 2.94 bits per heavy atom. The van der Waals surface area contributed by atoms with Crippen molar-refractivity contribution in [1.29, 1.82) is 0 Å². The van der Waals surface area contributed by atoms with Gasteiger partial charge in [-0.2, -0.15) is 0 Å². The van der Waals surface area contributed by atoms with Gasteiger partial charge in [0.1, 0.15) is 0 Å². The fourth-order valence-corrected chi connectivity index (χ4v) is 4.23. The summed E-state index contributed by atoms with van der Waals surface area (Å²) >= 11 is 3.48. The minimum Gasteiger partial charge on any atom is -0.385 e. The molecule has 1 aromatic heterocycles.